The average molecular weight is 431 g/mol. The molecule has 2 unspecified atom stereocenters. The fourth-order valence-corrected chi connectivity index (χ4v) is 7.04. The number of halogens is 1. The highest BCUT2D eigenvalue weighted by molar-refractivity contribution is 7.89. The van der Waals surface area contributed by atoms with Gasteiger partial charge in [0.05, 0.1) is 18.1 Å². The highest BCUT2D eigenvalue weighted by atomic mass is 32.2. The Morgan fingerprint density at radius 2 is 2.07 bits per heavy atom. The Labute approximate surface area is 177 Å². The van der Waals surface area contributed by atoms with Gasteiger partial charge in [-0.15, -0.1) is 0 Å². The third-order valence-electron chi connectivity index (χ3n) is 6.71. The first-order chi connectivity index (χ1) is 14.5. The third-order valence-corrected chi connectivity index (χ3v) is 8.72. The van der Waals surface area contributed by atoms with Crippen LogP contribution >= 0.6 is 0 Å². The Morgan fingerprint density at radius 3 is 2.80 bits per heavy atom. The van der Waals surface area contributed by atoms with Gasteiger partial charge in [0.15, 0.2) is 0 Å². The summed E-state index contributed by atoms with van der Waals surface area (Å²) in [5, 5.41) is 0. The average Bonchev–Trinajstić information content (AvgIpc) is 3.40. The number of ketones is 1. The molecule has 0 N–H and O–H groups in total. The molecular weight excluding hydrogens is 403 g/mol. The molecule has 160 valence electrons. The molecule has 2 fully saturated rings. The molecule has 3 heterocycles. The summed E-state index contributed by atoms with van der Waals surface area (Å²) in [5.41, 5.74) is 5.21. The van der Waals surface area contributed by atoms with Crippen LogP contribution in [0.5, 0.6) is 0 Å². The van der Waals surface area contributed by atoms with Crippen molar-refractivity contribution in [2.24, 2.45) is 5.92 Å². The second-order valence-corrected chi connectivity index (χ2v) is 10.9. The monoisotopic (exact) mass is 430 g/mol. The molecule has 2 aliphatic heterocycles. The van der Waals surface area contributed by atoms with Crippen molar-refractivity contribution in [3.8, 4) is 0 Å². The van der Waals surface area contributed by atoms with E-state index in [-0.39, 0.29) is 36.0 Å². The first-order valence-corrected chi connectivity index (χ1v) is 12.6. The number of carbonyl (C=O) groups is 1. The van der Waals surface area contributed by atoms with Crippen LogP contribution in [0.4, 0.5) is 4.39 Å². The highest BCUT2D eigenvalue weighted by Crippen LogP contribution is 2.42. The van der Waals surface area contributed by atoms with Crippen molar-refractivity contribution in [1.82, 2.24) is 9.29 Å². The van der Waals surface area contributed by atoms with Crippen molar-refractivity contribution >= 4 is 27.5 Å². The van der Waals surface area contributed by atoms with Gasteiger partial charge in [-0.05, 0) is 55.7 Å². The van der Waals surface area contributed by atoms with Crippen LogP contribution in [0, 0.1) is 5.92 Å². The lowest BCUT2D eigenvalue weighted by molar-refractivity contribution is -0.119. The van der Waals surface area contributed by atoms with Crippen LogP contribution in [0.15, 0.2) is 18.2 Å². The SMILES string of the molecule is O=C(Cc1cc(C2=CC3CCC(C2)N3S(=O)(=O)CCCF)c2c(n1)CC=C2)C1CC1. The molecule has 0 radical (unpaired) electrons. The maximum Gasteiger partial charge on any atom is 0.214 e. The fourth-order valence-electron chi connectivity index (χ4n) is 5.15. The predicted octanol–water partition coefficient (Wildman–Crippen LogP) is 3.48. The van der Waals surface area contributed by atoms with Gasteiger partial charge in [-0.25, -0.2) is 8.42 Å². The zero-order valence-electron chi connectivity index (χ0n) is 17.0. The number of rotatable bonds is 8. The number of hydrogen-bond acceptors (Lipinski definition) is 4. The summed E-state index contributed by atoms with van der Waals surface area (Å²) in [4.78, 5) is 17.1. The summed E-state index contributed by atoms with van der Waals surface area (Å²) in [5.74, 6) is 0.372. The summed E-state index contributed by atoms with van der Waals surface area (Å²) in [7, 11) is -3.45. The summed E-state index contributed by atoms with van der Waals surface area (Å²) in [6, 6.07) is 1.83. The van der Waals surface area contributed by atoms with E-state index in [4.69, 9.17) is 4.98 Å². The number of fused-ring (bicyclic) bond motifs is 3. The number of hydrogen-bond donors (Lipinski definition) is 0. The molecule has 0 spiro atoms. The molecule has 5 nitrogen and oxygen atoms in total. The van der Waals surface area contributed by atoms with Gasteiger partial charge in [-0.3, -0.25) is 14.2 Å². The van der Waals surface area contributed by atoms with E-state index in [1.54, 1.807) is 4.31 Å². The lowest BCUT2D eigenvalue weighted by Gasteiger charge is -2.33. The summed E-state index contributed by atoms with van der Waals surface area (Å²) in [6.07, 6.45) is 11.8. The lowest BCUT2D eigenvalue weighted by Crippen LogP contribution is -2.44. The van der Waals surface area contributed by atoms with Crippen molar-refractivity contribution in [3.63, 3.8) is 0 Å². The van der Waals surface area contributed by atoms with Gasteiger partial charge in [-0.2, -0.15) is 4.31 Å². The second-order valence-electron chi connectivity index (χ2n) is 8.93. The largest absolute Gasteiger partial charge is 0.299 e. The van der Waals surface area contributed by atoms with Crippen molar-refractivity contribution in [3.05, 3.63) is 40.7 Å². The minimum absolute atomic E-state index is 0.0515. The van der Waals surface area contributed by atoms with E-state index < -0.39 is 16.7 Å². The van der Waals surface area contributed by atoms with Gasteiger partial charge in [-0.1, -0.05) is 18.2 Å². The zero-order chi connectivity index (χ0) is 20.9. The molecule has 1 aromatic heterocycles. The van der Waals surface area contributed by atoms with Crippen molar-refractivity contribution in [1.29, 1.82) is 0 Å². The third kappa shape index (κ3) is 3.66. The van der Waals surface area contributed by atoms with Crippen molar-refractivity contribution < 1.29 is 17.6 Å². The molecule has 5 rings (SSSR count). The van der Waals surface area contributed by atoms with E-state index in [1.807, 2.05) is 6.07 Å². The van der Waals surface area contributed by atoms with E-state index in [9.17, 15) is 17.6 Å². The first kappa shape index (κ1) is 20.1. The lowest BCUT2D eigenvalue weighted by atomic mass is 9.91. The number of sulfonamides is 1. The molecule has 0 aromatic carbocycles. The molecule has 2 aliphatic carbocycles. The molecular formula is C23H27FN2O3S. The van der Waals surface area contributed by atoms with Gasteiger partial charge in [0.25, 0.3) is 0 Å². The minimum atomic E-state index is -3.45. The molecule has 7 heteroatoms. The van der Waals surface area contributed by atoms with Crippen LogP contribution in [-0.2, 0) is 27.7 Å². The molecule has 4 aliphatic rings. The summed E-state index contributed by atoms with van der Waals surface area (Å²) >= 11 is 0. The smallest absolute Gasteiger partial charge is 0.214 e. The Balaban J connectivity index is 1.46. The Kier molecular flexibility index (Phi) is 5.14. The van der Waals surface area contributed by atoms with Crippen LogP contribution in [0.25, 0.3) is 11.6 Å². The van der Waals surface area contributed by atoms with E-state index in [0.717, 1.165) is 60.2 Å². The maximum atomic E-state index is 12.8. The molecule has 1 aromatic rings. The zero-order valence-corrected chi connectivity index (χ0v) is 17.8. The van der Waals surface area contributed by atoms with E-state index in [2.05, 4.69) is 18.2 Å². The molecule has 30 heavy (non-hydrogen) atoms. The maximum absolute atomic E-state index is 12.8. The quantitative estimate of drug-likeness (QED) is 0.633. The number of alkyl halides is 1. The predicted molar refractivity (Wildman–Crippen MR) is 114 cm³/mol. The Hall–Kier alpha value is -1.86. The topological polar surface area (TPSA) is 67.3 Å². The second kappa shape index (κ2) is 7.68. The number of aromatic nitrogens is 1. The molecule has 2 bridgehead atoms. The van der Waals surface area contributed by atoms with Crippen molar-refractivity contribution in [2.45, 2.75) is 63.5 Å². The van der Waals surface area contributed by atoms with E-state index >= 15 is 0 Å². The van der Waals surface area contributed by atoms with E-state index in [0.29, 0.717) is 12.8 Å². The van der Waals surface area contributed by atoms with Gasteiger partial charge in [0.1, 0.15) is 5.78 Å². The Morgan fingerprint density at radius 1 is 1.23 bits per heavy atom. The number of pyridine rings is 1. The van der Waals surface area contributed by atoms with E-state index in [1.165, 1.54) is 0 Å². The number of carbonyl (C=O) groups excluding carboxylic acids is 1. The van der Waals surface area contributed by atoms with Crippen LogP contribution in [0.2, 0.25) is 0 Å². The van der Waals surface area contributed by atoms with Crippen LogP contribution in [0.1, 0.15) is 61.0 Å². The molecule has 1 saturated carbocycles. The normalized spacial score (nSPS) is 25.4. The first-order valence-electron chi connectivity index (χ1n) is 11.0. The van der Waals surface area contributed by atoms with Crippen LogP contribution in [-0.4, -0.2) is 48.0 Å². The molecule has 0 amide bonds. The fraction of sp³-hybridized carbons (Fsp3) is 0.565. The molecule has 2 atom stereocenters. The Bertz CT molecular complexity index is 1040. The highest BCUT2D eigenvalue weighted by Gasteiger charge is 2.43. The van der Waals surface area contributed by atoms with Crippen molar-refractivity contribution in [2.75, 3.05) is 12.4 Å². The van der Waals surface area contributed by atoms with Crippen LogP contribution in [0.3, 0.4) is 0 Å². The van der Waals surface area contributed by atoms with Gasteiger partial charge < -0.3 is 0 Å². The summed E-state index contributed by atoms with van der Waals surface area (Å²) in [6.45, 7) is -0.610. The summed E-state index contributed by atoms with van der Waals surface area (Å²) < 4.78 is 39.7. The van der Waals surface area contributed by atoms with Gasteiger partial charge in [0.2, 0.25) is 10.0 Å². The number of nitrogens with zero attached hydrogens (tertiary/aromatic N) is 2. The van der Waals surface area contributed by atoms with Crippen LogP contribution < -0.4 is 0 Å². The molecule has 1 saturated heterocycles. The number of Topliss-reactive ketones (excluding diaryl/α,β-unsaturated/α-hetero) is 1. The van der Waals surface area contributed by atoms with Gasteiger partial charge >= 0.3 is 0 Å². The van der Waals surface area contributed by atoms with Gasteiger partial charge in [0, 0.05) is 42.1 Å². The standard InChI is InChI=1S/C23H27FN2O3S/c24-9-2-10-30(28,29)26-18-7-8-19(26)12-16(11-18)21-13-17(14-23(27)15-5-6-15)25-22-4-1-3-20(21)22/h1,3,11,13,15,18-19H,2,4-10,12,14H2. The number of allylic oxidation sites excluding steroid dienone is 1. The minimum Gasteiger partial charge on any atom is -0.299 e.